The minimum absolute atomic E-state index is 0.207. The SMILES string of the molecule is CCc1ccc([C@@H](C)NC(=O)CN2C(=O)N[C@@]3(CCCc4sccc43)C2=O)cc1. The molecule has 2 aromatic rings. The van der Waals surface area contributed by atoms with Crippen molar-refractivity contribution in [2.45, 2.75) is 51.1 Å². The van der Waals surface area contributed by atoms with Crippen LogP contribution in [0.1, 0.15) is 54.3 Å². The Kier molecular flexibility index (Phi) is 5.17. The summed E-state index contributed by atoms with van der Waals surface area (Å²) in [6.07, 6.45) is 3.29. The summed E-state index contributed by atoms with van der Waals surface area (Å²) in [5.74, 6) is -0.670. The maximum atomic E-state index is 13.2. The average molecular weight is 412 g/mol. The average Bonchev–Trinajstić information content (AvgIpc) is 3.29. The highest BCUT2D eigenvalue weighted by Crippen LogP contribution is 2.42. The van der Waals surface area contributed by atoms with Gasteiger partial charge in [0.15, 0.2) is 0 Å². The summed E-state index contributed by atoms with van der Waals surface area (Å²) in [6, 6.07) is 9.29. The summed E-state index contributed by atoms with van der Waals surface area (Å²) in [4.78, 5) is 40.5. The minimum atomic E-state index is -1.01. The number of thiophene rings is 1. The van der Waals surface area contributed by atoms with Gasteiger partial charge < -0.3 is 10.6 Å². The quantitative estimate of drug-likeness (QED) is 0.741. The molecule has 2 atom stereocenters. The molecule has 6 nitrogen and oxygen atoms in total. The van der Waals surface area contributed by atoms with Crippen LogP contribution in [-0.4, -0.2) is 29.3 Å². The van der Waals surface area contributed by atoms with Gasteiger partial charge in [-0.2, -0.15) is 0 Å². The standard InChI is InChI=1S/C22H25N3O3S/c1-3-15-6-8-16(9-7-15)14(2)23-19(26)13-25-20(27)22(24-21(25)28)11-4-5-18-17(22)10-12-29-18/h6-10,12,14H,3-5,11,13H2,1-2H3,(H,23,26)(H,24,28)/t14-,22-/m1/s1. The smallest absolute Gasteiger partial charge is 0.325 e. The molecule has 4 rings (SSSR count). The van der Waals surface area contributed by atoms with Crippen molar-refractivity contribution in [3.8, 4) is 0 Å². The first kappa shape index (κ1) is 19.6. The molecule has 4 amide bonds. The van der Waals surface area contributed by atoms with E-state index in [4.69, 9.17) is 0 Å². The topological polar surface area (TPSA) is 78.5 Å². The van der Waals surface area contributed by atoms with Crippen molar-refractivity contribution in [2.24, 2.45) is 0 Å². The Morgan fingerprint density at radius 3 is 2.76 bits per heavy atom. The Balaban J connectivity index is 1.45. The maximum absolute atomic E-state index is 13.2. The molecule has 1 aliphatic carbocycles. The Morgan fingerprint density at radius 1 is 1.28 bits per heavy atom. The number of aryl methyl sites for hydroxylation is 2. The van der Waals surface area contributed by atoms with Crippen molar-refractivity contribution < 1.29 is 14.4 Å². The van der Waals surface area contributed by atoms with Gasteiger partial charge in [-0.25, -0.2) is 4.79 Å². The highest BCUT2D eigenvalue weighted by atomic mass is 32.1. The second-order valence-corrected chi connectivity index (χ2v) is 8.72. The number of imide groups is 1. The van der Waals surface area contributed by atoms with Gasteiger partial charge in [0.05, 0.1) is 6.04 Å². The highest BCUT2D eigenvalue weighted by Gasteiger charge is 2.54. The molecule has 2 N–H and O–H groups in total. The van der Waals surface area contributed by atoms with E-state index in [1.54, 1.807) is 11.3 Å². The van der Waals surface area contributed by atoms with Gasteiger partial charge in [0.25, 0.3) is 5.91 Å². The number of carbonyl (C=O) groups excluding carboxylic acids is 3. The van der Waals surface area contributed by atoms with Gasteiger partial charge in [-0.1, -0.05) is 31.2 Å². The number of carbonyl (C=O) groups is 3. The van der Waals surface area contributed by atoms with E-state index in [-0.39, 0.29) is 24.4 Å². The zero-order valence-corrected chi connectivity index (χ0v) is 17.5. The summed E-state index contributed by atoms with van der Waals surface area (Å²) in [6.45, 7) is 3.71. The van der Waals surface area contributed by atoms with Gasteiger partial charge in [-0.3, -0.25) is 14.5 Å². The Hall–Kier alpha value is -2.67. The maximum Gasteiger partial charge on any atom is 0.325 e. The van der Waals surface area contributed by atoms with E-state index in [0.717, 1.165) is 40.2 Å². The van der Waals surface area contributed by atoms with Gasteiger partial charge in [0.2, 0.25) is 5.91 Å². The molecule has 1 fully saturated rings. The van der Waals surface area contributed by atoms with E-state index in [1.165, 1.54) is 5.56 Å². The number of nitrogens with one attached hydrogen (secondary N) is 2. The van der Waals surface area contributed by atoms with Crippen molar-refractivity contribution in [1.29, 1.82) is 0 Å². The molecule has 1 spiro atoms. The van der Waals surface area contributed by atoms with Gasteiger partial charge in [0.1, 0.15) is 12.1 Å². The van der Waals surface area contributed by atoms with Crippen molar-refractivity contribution in [1.82, 2.24) is 15.5 Å². The monoisotopic (exact) mass is 411 g/mol. The molecule has 1 aliphatic heterocycles. The number of rotatable bonds is 5. The molecule has 1 aromatic carbocycles. The van der Waals surface area contributed by atoms with Crippen LogP contribution in [0.5, 0.6) is 0 Å². The van der Waals surface area contributed by atoms with Crippen LogP contribution in [0.25, 0.3) is 0 Å². The Bertz CT molecular complexity index is 952. The fraction of sp³-hybridized carbons (Fsp3) is 0.409. The van der Waals surface area contributed by atoms with Gasteiger partial charge >= 0.3 is 6.03 Å². The molecule has 2 heterocycles. The predicted molar refractivity (Wildman–Crippen MR) is 112 cm³/mol. The second kappa shape index (κ2) is 7.63. The molecule has 7 heteroatoms. The molecule has 1 saturated heterocycles. The fourth-order valence-corrected chi connectivity index (χ4v) is 5.24. The van der Waals surface area contributed by atoms with Gasteiger partial charge in [-0.05, 0) is 55.2 Å². The molecule has 29 heavy (non-hydrogen) atoms. The number of hydrogen-bond acceptors (Lipinski definition) is 4. The van der Waals surface area contributed by atoms with Crippen LogP contribution in [-0.2, 0) is 28.0 Å². The highest BCUT2D eigenvalue weighted by molar-refractivity contribution is 7.10. The van der Waals surface area contributed by atoms with E-state index in [0.29, 0.717) is 6.42 Å². The molecule has 0 saturated carbocycles. The van der Waals surface area contributed by atoms with E-state index in [9.17, 15) is 14.4 Å². The minimum Gasteiger partial charge on any atom is -0.348 e. The molecule has 0 unspecified atom stereocenters. The number of amides is 4. The number of nitrogens with zero attached hydrogens (tertiary/aromatic N) is 1. The van der Waals surface area contributed by atoms with E-state index >= 15 is 0 Å². The number of fused-ring (bicyclic) bond motifs is 2. The largest absolute Gasteiger partial charge is 0.348 e. The molecular formula is C22H25N3O3S. The van der Waals surface area contributed by atoms with Crippen LogP contribution in [0.4, 0.5) is 4.79 Å². The molecule has 0 radical (unpaired) electrons. The third-order valence-corrected chi connectivity index (χ3v) is 6.88. The van der Waals surface area contributed by atoms with Crippen molar-refractivity contribution in [2.75, 3.05) is 6.54 Å². The van der Waals surface area contributed by atoms with Crippen molar-refractivity contribution >= 4 is 29.2 Å². The van der Waals surface area contributed by atoms with Crippen LogP contribution in [0, 0.1) is 0 Å². The lowest BCUT2D eigenvalue weighted by molar-refractivity contribution is -0.135. The first-order chi connectivity index (χ1) is 13.9. The van der Waals surface area contributed by atoms with Crippen molar-refractivity contribution in [3.63, 3.8) is 0 Å². The van der Waals surface area contributed by atoms with E-state index in [1.807, 2.05) is 42.6 Å². The summed E-state index contributed by atoms with van der Waals surface area (Å²) >= 11 is 1.61. The first-order valence-electron chi connectivity index (χ1n) is 10.0. The third-order valence-electron chi connectivity index (χ3n) is 5.90. The van der Waals surface area contributed by atoms with Crippen LogP contribution in [0.3, 0.4) is 0 Å². The molecule has 0 bridgehead atoms. The van der Waals surface area contributed by atoms with E-state index in [2.05, 4.69) is 17.6 Å². The summed E-state index contributed by atoms with van der Waals surface area (Å²) in [5.41, 5.74) is 2.10. The molecule has 152 valence electrons. The molecule has 1 aromatic heterocycles. The van der Waals surface area contributed by atoms with Crippen LogP contribution < -0.4 is 10.6 Å². The molecule has 2 aliphatic rings. The van der Waals surface area contributed by atoms with Crippen molar-refractivity contribution in [3.05, 3.63) is 57.3 Å². The number of urea groups is 1. The van der Waals surface area contributed by atoms with Crippen LogP contribution in [0.2, 0.25) is 0 Å². The summed E-state index contributed by atoms with van der Waals surface area (Å²) < 4.78 is 0. The Morgan fingerprint density at radius 2 is 2.03 bits per heavy atom. The zero-order valence-electron chi connectivity index (χ0n) is 16.7. The fourth-order valence-electron chi connectivity index (χ4n) is 4.24. The van der Waals surface area contributed by atoms with Crippen LogP contribution in [0.15, 0.2) is 35.7 Å². The van der Waals surface area contributed by atoms with Gasteiger partial charge in [0, 0.05) is 10.4 Å². The molecular weight excluding hydrogens is 386 g/mol. The number of hydrogen-bond donors (Lipinski definition) is 2. The third kappa shape index (κ3) is 3.44. The lowest BCUT2D eigenvalue weighted by Crippen LogP contribution is -2.47. The first-order valence-corrected chi connectivity index (χ1v) is 10.9. The zero-order chi connectivity index (χ0) is 20.6. The normalized spacial score (nSPS) is 21.8. The van der Waals surface area contributed by atoms with Crippen LogP contribution >= 0.6 is 11.3 Å². The number of benzene rings is 1. The Labute approximate surface area is 174 Å². The van der Waals surface area contributed by atoms with E-state index < -0.39 is 11.6 Å². The van der Waals surface area contributed by atoms with Gasteiger partial charge in [-0.15, -0.1) is 11.3 Å². The summed E-state index contributed by atoms with van der Waals surface area (Å²) in [5, 5.41) is 7.73. The summed E-state index contributed by atoms with van der Waals surface area (Å²) in [7, 11) is 0. The second-order valence-electron chi connectivity index (χ2n) is 7.72. The lowest BCUT2D eigenvalue weighted by atomic mass is 9.80. The lowest BCUT2D eigenvalue weighted by Gasteiger charge is -2.31. The predicted octanol–water partition coefficient (Wildman–Crippen LogP) is 3.27.